The van der Waals surface area contributed by atoms with Gasteiger partial charge in [0.2, 0.25) is 5.91 Å². The molecule has 4 rings (SSSR count). The van der Waals surface area contributed by atoms with Gasteiger partial charge < -0.3 is 30.3 Å². The molecule has 0 bridgehead atoms. The number of amides is 1. The molecular weight excluding hydrogens is 526 g/mol. The summed E-state index contributed by atoms with van der Waals surface area (Å²) in [4.78, 5) is 82.4. The van der Waals surface area contributed by atoms with Gasteiger partial charge in [-0.15, -0.1) is 0 Å². The number of carbonyl (C=O) groups is 6. The maximum absolute atomic E-state index is 13.9. The standard InChI is InChI=1S/C27H33N3O10/c1-29(2)15-10-13(26(37)40-7-6-39-5)20(31)17-12(15)8-11-9-14-19(30(3)4)22(33)18(25(28)36)24(35)27(14,38)23(34)16(11)21(17)32/h10-11,14,16,18-19,31,38H,6-9H2,1-5H3,(H2,28,36)/t11-,14-,16?,18?,19-,27-/m0/s1. The molecule has 0 aromatic heterocycles. The number of hydrogen-bond donors (Lipinski definition) is 3. The van der Waals surface area contributed by atoms with Gasteiger partial charge in [-0.3, -0.25) is 28.9 Å². The third-order valence-electron chi connectivity index (χ3n) is 8.26. The fraction of sp³-hybridized carbons (Fsp3) is 0.556. The number of aliphatic hydroxyl groups is 1. The van der Waals surface area contributed by atoms with Gasteiger partial charge in [0.15, 0.2) is 34.7 Å². The molecule has 0 spiro atoms. The van der Waals surface area contributed by atoms with E-state index in [2.05, 4.69) is 0 Å². The van der Waals surface area contributed by atoms with E-state index >= 15 is 0 Å². The predicted molar refractivity (Wildman–Crippen MR) is 138 cm³/mol. The lowest BCUT2D eigenvalue weighted by atomic mass is 9.52. The van der Waals surface area contributed by atoms with E-state index in [1.165, 1.54) is 32.2 Å². The van der Waals surface area contributed by atoms with E-state index in [-0.39, 0.29) is 37.2 Å². The van der Waals surface area contributed by atoms with E-state index in [0.717, 1.165) is 0 Å². The fourth-order valence-corrected chi connectivity index (χ4v) is 6.50. The van der Waals surface area contributed by atoms with Crippen molar-refractivity contribution < 1.29 is 48.5 Å². The molecule has 0 heterocycles. The Labute approximate surface area is 230 Å². The average Bonchev–Trinajstić information content (AvgIpc) is 2.85. The molecule has 2 fully saturated rings. The number of nitrogens with zero attached hydrogens (tertiary/aromatic N) is 2. The van der Waals surface area contributed by atoms with Gasteiger partial charge in [0.25, 0.3) is 0 Å². The van der Waals surface area contributed by atoms with Crippen molar-refractivity contribution >= 4 is 40.7 Å². The lowest BCUT2D eigenvalue weighted by Gasteiger charge is -2.52. The molecule has 0 aliphatic heterocycles. The monoisotopic (exact) mass is 559 g/mol. The van der Waals surface area contributed by atoms with Crippen LogP contribution in [-0.4, -0.2) is 110 Å². The SMILES string of the molecule is COCCOC(=O)c1cc(N(C)C)c2c(c1O)C(=O)C1C(=O)[C@]3(O)C(=O)C(C(N)=O)C(=O)[C@@H](N(C)C)[C@@H]3C[C@@H]1C2. The molecular formula is C27H33N3O10. The number of esters is 1. The van der Waals surface area contributed by atoms with Crippen molar-refractivity contribution in [1.82, 2.24) is 4.90 Å². The minimum atomic E-state index is -2.83. The van der Waals surface area contributed by atoms with Gasteiger partial charge in [-0.2, -0.15) is 0 Å². The quantitative estimate of drug-likeness (QED) is 0.204. The first-order valence-electron chi connectivity index (χ1n) is 12.8. The molecule has 1 amide bonds. The van der Waals surface area contributed by atoms with Crippen LogP contribution in [0.5, 0.6) is 5.75 Å². The highest BCUT2D eigenvalue weighted by atomic mass is 16.6. The highest BCUT2D eigenvalue weighted by molar-refractivity contribution is 6.32. The first kappa shape index (κ1) is 29.3. The predicted octanol–water partition coefficient (Wildman–Crippen LogP) is -1.26. The van der Waals surface area contributed by atoms with Crippen LogP contribution >= 0.6 is 0 Å². The lowest BCUT2D eigenvalue weighted by molar-refractivity contribution is -0.181. The number of ether oxygens (including phenoxy) is 2. The number of likely N-dealkylation sites (N-methyl/N-ethyl adjacent to an activating group) is 1. The number of methoxy groups -OCH3 is 1. The summed E-state index contributed by atoms with van der Waals surface area (Å²) in [5, 5.41) is 22.8. The number of anilines is 1. The minimum absolute atomic E-state index is 0.0711. The number of phenols is 1. The van der Waals surface area contributed by atoms with E-state index in [4.69, 9.17) is 15.2 Å². The molecule has 4 N–H and O–H groups in total. The zero-order valence-corrected chi connectivity index (χ0v) is 22.9. The second-order valence-corrected chi connectivity index (χ2v) is 11.0. The molecule has 0 radical (unpaired) electrons. The van der Waals surface area contributed by atoms with E-state index in [0.29, 0.717) is 11.3 Å². The Bertz CT molecular complexity index is 1320. The van der Waals surface area contributed by atoms with Gasteiger partial charge in [-0.1, -0.05) is 0 Å². The molecule has 3 aliphatic carbocycles. The second kappa shape index (κ2) is 10.4. The molecule has 0 saturated heterocycles. The molecule has 216 valence electrons. The highest BCUT2D eigenvalue weighted by Crippen LogP contribution is 2.52. The number of hydrogen-bond acceptors (Lipinski definition) is 12. The van der Waals surface area contributed by atoms with E-state index in [1.807, 2.05) is 0 Å². The average molecular weight is 560 g/mol. The first-order valence-corrected chi connectivity index (χ1v) is 12.8. The van der Waals surface area contributed by atoms with Crippen LogP contribution in [0.4, 0.5) is 5.69 Å². The van der Waals surface area contributed by atoms with Crippen LogP contribution in [0, 0.1) is 23.7 Å². The van der Waals surface area contributed by atoms with E-state index in [9.17, 15) is 39.0 Å². The van der Waals surface area contributed by atoms with Crippen molar-refractivity contribution in [1.29, 1.82) is 0 Å². The van der Waals surface area contributed by atoms with Crippen LogP contribution in [0.3, 0.4) is 0 Å². The highest BCUT2D eigenvalue weighted by Gasteiger charge is 2.69. The van der Waals surface area contributed by atoms with E-state index < -0.39 is 76.1 Å². The van der Waals surface area contributed by atoms with E-state index in [1.54, 1.807) is 19.0 Å². The number of fused-ring (bicyclic) bond motifs is 3. The molecule has 3 aliphatic rings. The fourth-order valence-electron chi connectivity index (χ4n) is 6.50. The summed E-state index contributed by atoms with van der Waals surface area (Å²) in [6, 6.07) is 0.207. The Balaban J connectivity index is 1.86. The first-order chi connectivity index (χ1) is 18.7. The topological polar surface area (TPSA) is 194 Å². The second-order valence-electron chi connectivity index (χ2n) is 11.0. The molecule has 13 heteroatoms. The van der Waals surface area contributed by atoms with Crippen molar-refractivity contribution in [2.45, 2.75) is 24.5 Å². The van der Waals surface area contributed by atoms with Gasteiger partial charge >= 0.3 is 5.97 Å². The van der Waals surface area contributed by atoms with Crippen LogP contribution in [0.2, 0.25) is 0 Å². The number of carbonyl (C=O) groups excluding carboxylic acids is 6. The van der Waals surface area contributed by atoms with Gasteiger partial charge in [-0.25, -0.2) is 4.79 Å². The molecule has 13 nitrogen and oxygen atoms in total. The number of rotatable bonds is 7. The smallest absolute Gasteiger partial charge is 0.342 e. The largest absolute Gasteiger partial charge is 0.506 e. The molecule has 1 aromatic rings. The molecule has 2 unspecified atom stereocenters. The summed E-state index contributed by atoms with van der Waals surface area (Å²) in [6.45, 7) is -0.00466. The van der Waals surface area contributed by atoms with Gasteiger partial charge in [0.1, 0.15) is 17.9 Å². The number of aromatic hydroxyl groups is 1. The molecule has 6 atom stereocenters. The third-order valence-corrected chi connectivity index (χ3v) is 8.26. The van der Waals surface area contributed by atoms with Gasteiger partial charge in [0, 0.05) is 32.8 Å². The van der Waals surface area contributed by atoms with Crippen molar-refractivity contribution in [2.75, 3.05) is 53.4 Å². The maximum Gasteiger partial charge on any atom is 0.342 e. The number of benzene rings is 1. The summed E-state index contributed by atoms with van der Waals surface area (Å²) in [6.07, 6.45) is 0.00422. The molecule has 2 saturated carbocycles. The Hall–Kier alpha value is -3.68. The van der Waals surface area contributed by atoms with Crippen LogP contribution in [0.25, 0.3) is 0 Å². The lowest BCUT2D eigenvalue weighted by Crippen LogP contribution is -2.74. The summed E-state index contributed by atoms with van der Waals surface area (Å²) < 4.78 is 10.00. The Morgan fingerprint density at radius 3 is 2.30 bits per heavy atom. The van der Waals surface area contributed by atoms with Crippen molar-refractivity contribution in [2.24, 2.45) is 29.4 Å². The maximum atomic E-state index is 13.9. The summed E-state index contributed by atoms with van der Waals surface area (Å²) in [7, 11) is 7.81. The van der Waals surface area contributed by atoms with Crippen LogP contribution in [-0.2, 0) is 35.1 Å². The summed E-state index contributed by atoms with van der Waals surface area (Å²) in [5.74, 6) is -12.7. The Kier molecular flexibility index (Phi) is 7.60. The molecule has 1 aromatic carbocycles. The van der Waals surface area contributed by atoms with Crippen LogP contribution in [0.15, 0.2) is 6.07 Å². The van der Waals surface area contributed by atoms with Crippen LogP contribution in [0.1, 0.15) is 32.7 Å². The Morgan fingerprint density at radius 1 is 1.10 bits per heavy atom. The van der Waals surface area contributed by atoms with Crippen molar-refractivity contribution in [3.05, 3.63) is 22.8 Å². The summed E-state index contributed by atoms with van der Waals surface area (Å²) in [5.41, 5.74) is 2.74. The Morgan fingerprint density at radius 2 is 1.75 bits per heavy atom. The van der Waals surface area contributed by atoms with Crippen molar-refractivity contribution in [3.8, 4) is 5.75 Å². The number of Topliss-reactive ketones (excluding diaryl/α,β-unsaturated/α-hetero) is 4. The number of primary amides is 1. The molecule has 40 heavy (non-hydrogen) atoms. The number of phenolic OH excluding ortho intramolecular Hbond substituents is 1. The number of ketones is 4. The minimum Gasteiger partial charge on any atom is -0.506 e. The van der Waals surface area contributed by atoms with Gasteiger partial charge in [0.05, 0.1) is 24.1 Å². The number of nitrogens with two attached hydrogens (primary N) is 1. The zero-order chi connectivity index (χ0) is 29.8. The summed E-state index contributed by atoms with van der Waals surface area (Å²) >= 11 is 0. The zero-order valence-electron chi connectivity index (χ0n) is 22.9. The van der Waals surface area contributed by atoms with Gasteiger partial charge in [-0.05, 0) is 44.5 Å². The van der Waals surface area contributed by atoms with Crippen molar-refractivity contribution in [3.63, 3.8) is 0 Å². The van der Waals surface area contributed by atoms with Crippen LogP contribution < -0.4 is 10.6 Å². The third kappa shape index (κ3) is 4.19. The normalized spacial score (nSPS) is 29.5.